The lowest BCUT2D eigenvalue weighted by Gasteiger charge is -2.11. The van der Waals surface area contributed by atoms with Crippen LogP contribution >= 0.6 is 0 Å². The quantitative estimate of drug-likeness (QED) is 0.793. The zero-order valence-electron chi connectivity index (χ0n) is 9.24. The summed E-state index contributed by atoms with van der Waals surface area (Å²) in [6.45, 7) is 0. The van der Waals surface area contributed by atoms with Crippen LogP contribution in [-0.4, -0.2) is 17.0 Å². The van der Waals surface area contributed by atoms with E-state index in [9.17, 15) is 14.0 Å². The number of halogens is 1. The molecule has 0 aliphatic heterocycles. The minimum Gasteiger partial charge on any atom is -0.480 e. The van der Waals surface area contributed by atoms with Gasteiger partial charge in [-0.05, 0) is 25.0 Å². The molecular formula is C12H9FN2O3. The topological polar surface area (TPSA) is 90.2 Å². The largest absolute Gasteiger partial charge is 0.480 e. The van der Waals surface area contributed by atoms with E-state index < -0.39 is 23.1 Å². The summed E-state index contributed by atoms with van der Waals surface area (Å²) < 4.78 is 13.3. The van der Waals surface area contributed by atoms with Crippen LogP contribution in [0.1, 0.15) is 18.4 Å². The highest BCUT2D eigenvalue weighted by molar-refractivity contribution is 6.11. The maximum atomic E-state index is 13.3. The summed E-state index contributed by atoms with van der Waals surface area (Å²) in [5.41, 5.74) is -1.72. The number of amides is 1. The average Bonchev–Trinajstić information content (AvgIpc) is 3.10. The average molecular weight is 248 g/mol. The van der Waals surface area contributed by atoms with Crippen molar-refractivity contribution in [3.05, 3.63) is 29.6 Å². The third kappa shape index (κ3) is 1.80. The number of carboxylic acid groups (broad SMARTS) is 1. The first-order valence-electron chi connectivity index (χ1n) is 5.25. The fourth-order valence-electron chi connectivity index (χ4n) is 1.65. The highest BCUT2D eigenvalue weighted by atomic mass is 19.1. The van der Waals surface area contributed by atoms with E-state index in [1.165, 1.54) is 12.1 Å². The van der Waals surface area contributed by atoms with Gasteiger partial charge in [0.15, 0.2) is 0 Å². The number of carboxylic acids is 1. The van der Waals surface area contributed by atoms with Crippen LogP contribution in [0.4, 0.5) is 10.1 Å². The molecule has 2 N–H and O–H groups in total. The molecule has 0 saturated heterocycles. The fraction of sp³-hybridized carbons (Fsp3) is 0.250. The molecule has 1 amide bonds. The van der Waals surface area contributed by atoms with Gasteiger partial charge >= 0.3 is 5.97 Å². The number of nitrogens with zero attached hydrogens (tertiary/aromatic N) is 1. The number of nitrogens with one attached hydrogen (secondary N) is 1. The lowest BCUT2D eigenvalue weighted by Crippen LogP contribution is -2.31. The van der Waals surface area contributed by atoms with Crippen molar-refractivity contribution in [3.8, 4) is 6.07 Å². The van der Waals surface area contributed by atoms with Crippen LogP contribution in [0.25, 0.3) is 0 Å². The zero-order chi connectivity index (χ0) is 13.3. The first-order chi connectivity index (χ1) is 8.51. The number of hydrogen-bond acceptors (Lipinski definition) is 3. The second-order valence-corrected chi connectivity index (χ2v) is 4.12. The van der Waals surface area contributed by atoms with Crippen molar-refractivity contribution in [2.75, 3.05) is 5.32 Å². The Hall–Kier alpha value is -2.42. The maximum Gasteiger partial charge on any atom is 0.319 e. The van der Waals surface area contributed by atoms with Crippen LogP contribution in [0.2, 0.25) is 0 Å². The fourth-order valence-corrected chi connectivity index (χ4v) is 1.65. The predicted molar refractivity (Wildman–Crippen MR) is 59.0 cm³/mol. The summed E-state index contributed by atoms with van der Waals surface area (Å²) in [6, 6.07) is 5.43. The van der Waals surface area contributed by atoms with E-state index in [0.29, 0.717) is 0 Å². The molecule has 6 heteroatoms. The molecule has 1 aromatic rings. The highest BCUT2D eigenvalue weighted by Crippen LogP contribution is 2.46. The summed E-state index contributed by atoms with van der Waals surface area (Å²) in [5, 5.41) is 20.0. The molecule has 1 saturated carbocycles. The Balaban J connectivity index is 2.26. The Labute approximate surface area is 102 Å². The van der Waals surface area contributed by atoms with Crippen LogP contribution < -0.4 is 5.32 Å². The third-order valence-corrected chi connectivity index (χ3v) is 2.97. The van der Waals surface area contributed by atoms with Gasteiger partial charge in [0, 0.05) is 0 Å². The molecule has 0 radical (unpaired) electrons. The normalized spacial score (nSPS) is 15.6. The van der Waals surface area contributed by atoms with Crippen molar-refractivity contribution in [3.63, 3.8) is 0 Å². The van der Waals surface area contributed by atoms with Gasteiger partial charge in [-0.2, -0.15) is 5.26 Å². The summed E-state index contributed by atoms with van der Waals surface area (Å²) in [5.74, 6) is -2.66. The first kappa shape index (κ1) is 12.0. The molecule has 92 valence electrons. The molecule has 18 heavy (non-hydrogen) atoms. The van der Waals surface area contributed by atoms with Crippen molar-refractivity contribution in [2.45, 2.75) is 12.8 Å². The van der Waals surface area contributed by atoms with Gasteiger partial charge in [-0.15, -0.1) is 0 Å². The van der Waals surface area contributed by atoms with Gasteiger partial charge in [0.05, 0.1) is 5.69 Å². The lowest BCUT2D eigenvalue weighted by molar-refractivity contribution is -0.147. The molecule has 2 rings (SSSR count). The number of aliphatic carboxylic acids is 1. The molecule has 0 unspecified atom stereocenters. The molecule has 0 aromatic heterocycles. The summed E-state index contributed by atoms with van der Waals surface area (Å²) in [6.07, 6.45) is 0.511. The molecule has 1 aromatic carbocycles. The first-order valence-corrected chi connectivity index (χ1v) is 5.25. The van der Waals surface area contributed by atoms with Gasteiger partial charge in [-0.25, -0.2) is 4.39 Å². The predicted octanol–water partition coefficient (Wildman–Crippen LogP) is 1.50. The van der Waals surface area contributed by atoms with Crippen LogP contribution in [-0.2, 0) is 9.59 Å². The number of carbonyl (C=O) groups is 2. The Morgan fingerprint density at radius 2 is 2.11 bits per heavy atom. The third-order valence-electron chi connectivity index (χ3n) is 2.97. The van der Waals surface area contributed by atoms with Crippen LogP contribution in [0.5, 0.6) is 0 Å². The molecule has 1 aliphatic carbocycles. The van der Waals surface area contributed by atoms with Crippen LogP contribution in [0.3, 0.4) is 0 Å². The van der Waals surface area contributed by atoms with Gasteiger partial charge in [0.1, 0.15) is 22.9 Å². The number of hydrogen-bond donors (Lipinski definition) is 2. The molecule has 0 spiro atoms. The van der Waals surface area contributed by atoms with E-state index in [2.05, 4.69) is 5.32 Å². The minimum absolute atomic E-state index is 0.00461. The van der Waals surface area contributed by atoms with Gasteiger partial charge in [0.25, 0.3) is 0 Å². The Bertz CT molecular complexity index is 573. The maximum absolute atomic E-state index is 13.3. The van der Waals surface area contributed by atoms with Gasteiger partial charge in [-0.1, -0.05) is 6.07 Å². The summed E-state index contributed by atoms with van der Waals surface area (Å²) in [7, 11) is 0. The second-order valence-electron chi connectivity index (χ2n) is 4.12. The van der Waals surface area contributed by atoms with Crippen LogP contribution in [0, 0.1) is 22.6 Å². The van der Waals surface area contributed by atoms with E-state index in [-0.39, 0.29) is 24.1 Å². The van der Waals surface area contributed by atoms with E-state index in [1.807, 2.05) is 0 Å². The molecule has 0 atom stereocenters. The number of nitriles is 1. The summed E-state index contributed by atoms with van der Waals surface area (Å²) >= 11 is 0. The van der Waals surface area contributed by atoms with E-state index in [1.54, 1.807) is 6.07 Å². The Morgan fingerprint density at radius 3 is 2.61 bits per heavy atom. The number of carbonyl (C=O) groups excluding carboxylic acids is 1. The SMILES string of the molecule is N#Cc1c(F)cccc1NC(=O)C1(C(=O)O)CC1. The molecule has 0 heterocycles. The molecule has 1 aliphatic rings. The van der Waals surface area contributed by atoms with Crippen LogP contribution in [0.15, 0.2) is 18.2 Å². The number of anilines is 1. The van der Waals surface area contributed by atoms with Crippen molar-refractivity contribution < 1.29 is 19.1 Å². The standard InChI is InChI=1S/C12H9FN2O3/c13-8-2-1-3-9(7(8)6-14)15-10(16)12(4-5-12)11(17)18/h1-3H,4-5H2,(H,15,16)(H,17,18). The molecule has 0 bridgehead atoms. The lowest BCUT2D eigenvalue weighted by atomic mass is 10.1. The van der Waals surface area contributed by atoms with E-state index >= 15 is 0 Å². The Morgan fingerprint density at radius 1 is 1.44 bits per heavy atom. The highest BCUT2D eigenvalue weighted by Gasteiger charge is 2.57. The Kier molecular flexibility index (Phi) is 2.75. The second kappa shape index (κ2) is 4.11. The van der Waals surface area contributed by atoms with Gasteiger partial charge < -0.3 is 10.4 Å². The monoisotopic (exact) mass is 248 g/mol. The van der Waals surface area contributed by atoms with Gasteiger partial charge in [0.2, 0.25) is 5.91 Å². The van der Waals surface area contributed by atoms with E-state index in [4.69, 9.17) is 10.4 Å². The summed E-state index contributed by atoms with van der Waals surface area (Å²) in [4.78, 5) is 22.7. The van der Waals surface area contributed by atoms with Crippen molar-refractivity contribution >= 4 is 17.6 Å². The van der Waals surface area contributed by atoms with Gasteiger partial charge in [-0.3, -0.25) is 9.59 Å². The molecular weight excluding hydrogens is 239 g/mol. The molecule has 1 fully saturated rings. The van der Waals surface area contributed by atoms with Crippen molar-refractivity contribution in [2.24, 2.45) is 5.41 Å². The van der Waals surface area contributed by atoms with Crippen molar-refractivity contribution in [1.29, 1.82) is 5.26 Å². The smallest absolute Gasteiger partial charge is 0.319 e. The number of benzene rings is 1. The minimum atomic E-state index is -1.42. The number of rotatable bonds is 3. The van der Waals surface area contributed by atoms with E-state index in [0.717, 1.165) is 6.07 Å². The zero-order valence-corrected chi connectivity index (χ0v) is 9.24. The molecule has 5 nitrogen and oxygen atoms in total. The van der Waals surface area contributed by atoms with Crippen molar-refractivity contribution in [1.82, 2.24) is 0 Å².